The SMILES string of the molecule is CCNC(CS(=O)(=O)c1cccc(F)c1)C1CCOC1. The second kappa shape index (κ2) is 6.65. The number of halogens is 1. The predicted octanol–water partition coefficient (Wildman–Crippen LogP) is 1.61. The Hall–Kier alpha value is -0.980. The van der Waals surface area contributed by atoms with Crippen molar-refractivity contribution in [3.8, 4) is 0 Å². The van der Waals surface area contributed by atoms with Gasteiger partial charge < -0.3 is 10.1 Å². The smallest absolute Gasteiger partial charge is 0.180 e. The summed E-state index contributed by atoms with van der Waals surface area (Å²) in [5, 5.41) is 3.21. The van der Waals surface area contributed by atoms with Crippen molar-refractivity contribution < 1.29 is 17.5 Å². The van der Waals surface area contributed by atoms with E-state index in [-0.39, 0.29) is 22.6 Å². The molecular weight excluding hydrogens is 281 g/mol. The lowest BCUT2D eigenvalue weighted by Crippen LogP contribution is -2.42. The third-order valence-electron chi connectivity index (χ3n) is 3.55. The molecule has 1 aromatic rings. The molecule has 112 valence electrons. The van der Waals surface area contributed by atoms with Crippen LogP contribution in [-0.4, -0.2) is 40.0 Å². The third-order valence-corrected chi connectivity index (χ3v) is 5.32. The van der Waals surface area contributed by atoms with Gasteiger partial charge in [-0.2, -0.15) is 0 Å². The normalized spacial score (nSPS) is 21.0. The molecule has 1 saturated heterocycles. The van der Waals surface area contributed by atoms with E-state index in [4.69, 9.17) is 4.74 Å². The van der Waals surface area contributed by atoms with Crippen LogP contribution in [-0.2, 0) is 14.6 Å². The molecule has 0 saturated carbocycles. The van der Waals surface area contributed by atoms with Crippen LogP contribution in [0.2, 0.25) is 0 Å². The van der Waals surface area contributed by atoms with Gasteiger partial charge >= 0.3 is 0 Å². The largest absolute Gasteiger partial charge is 0.381 e. The number of rotatable bonds is 6. The average Bonchev–Trinajstić information content (AvgIpc) is 2.92. The molecule has 1 N–H and O–H groups in total. The van der Waals surface area contributed by atoms with Gasteiger partial charge in [-0.05, 0) is 31.2 Å². The molecule has 0 spiro atoms. The first kappa shape index (κ1) is 15.4. The molecule has 6 heteroatoms. The van der Waals surface area contributed by atoms with Crippen LogP contribution >= 0.6 is 0 Å². The van der Waals surface area contributed by atoms with Crippen molar-refractivity contribution in [3.05, 3.63) is 30.1 Å². The molecule has 0 radical (unpaired) electrons. The molecule has 20 heavy (non-hydrogen) atoms. The fourth-order valence-corrected chi connectivity index (χ4v) is 4.12. The molecule has 0 aromatic heterocycles. The molecule has 0 aliphatic carbocycles. The zero-order chi connectivity index (χ0) is 14.6. The molecule has 0 bridgehead atoms. The van der Waals surface area contributed by atoms with Crippen LogP contribution < -0.4 is 5.32 Å². The van der Waals surface area contributed by atoms with Crippen molar-refractivity contribution in [2.75, 3.05) is 25.5 Å². The van der Waals surface area contributed by atoms with E-state index in [1.54, 1.807) is 0 Å². The predicted molar refractivity (Wildman–Crippen MR) is 74.8 cm³/mol. The van der Waals surface area contributed by atoms with Gasteiger partial charge in [-0.1, -0.05) is 13.0 Å². The molecule has 1 heterocycles. The summed E-state index contributed by atoms with van der Waals surface area (Å²) in [4.78, 5) is 0.0410. The third kappa shape index (κ3) is 3.77. The first-order valence-corrected chi connectivity index (χ1v) is 8.47. The summed E-state index contributed by atoms with van der Waals surface area (Å²) in [5.74, 6) is -0.369. The Bertz CT molecular complexity index is 541. The molecular formula is C14H20FNO3S. The zero-order valence-corrected chi connectivity index (χ0v) is 12.3. The molecule has 4 nitrogen and oxygen atoms in total. The topological polar surface area (TPSA) is 55.4 Å². The second-order valence-corrected chi connectivity index (χ2v) is 7.06. The highest BCUT2D eigenvalue weighted by Gasteiger charge is 2.30. The number of nitrogens with one attached hydrogen (secondary N) is 1. The van der Waals surface area contributed by atoms with Gasteiger partial charge in [0.2, 0.25) is 0 Å². The number of benzene rings is 1. The van der Waals surface area contributed by atoms with Crippen LogP contribution in [0.4, 0.5) is 4.39 Å². The summed E-state index contributed by atoms with van der Waals surface area (Å²) in [6.07, 6.45) is 0.857. The fraction of sp³-hybridized carbons (Fsp3) is 0.571. The highest BCUT2D eigenvalue weighted by atomic mass is 32.2. The quantitative estimate of drug-likeness (QED) is 0.867. The maximum Gasteiger partial charge on any atom is 0.180 e. The fourth-order valence-electron chi connectivity index (χ4n) is 2.49. The molecule has 2 rings (SSSR count). The van der Waals surface area contributed by atoms with Gasteiger partial charge in [0, 0.05) is 18.6 Å². The summed E-state index contributed by atoms with van der Waals surface area (Å²) >= 11 is 0. The standard InChI is InChI=1S/C14H20FNO3S/c1-2-16-14(11-6-7-19-9-11)10-20(17,18)13-5-3-4-12(15)8-13/h3-5,8,11,14,16H,2,6-7,9-10H2,1H3. The maximum atomic E-state index is 13.2. The van der Waals surface area contributed by atoms with Crippen LogP contribution in [0.1, 0.15) is 13.3 Å². The van der Waals surface area contributed by atoms with Crippen LogP contribution in [0.5, 0.6) is 0 Å². The Kier molecular flexibility index (Phi) is 5.12. The first-order valence-electron chi connectivity index (χ1n) is 6.82. The van der Waals surface area contributed by atoms with Gasteiger partial charge in [0.25, 0.3) is 0 Å². The van der Waals surface area contributed by atoms with E-state index in [0.717, 1.165) is 12.5 Å². The Morgan fingerprint density at radius 1 is 1.50 bits per heavy atom. The van der Waals surface area contributed by atoms with Crippen LogP contribution in [0.25, 0.3) is 0 Å². The molecule has 1 fully saturated rings. The van der Waals surface area contributed by atoms with Gasteiger partial charge in [0.1, 0.15) is 5.82 Å². The molecule has 1 aromatic carbocycles. The van der Waals surface area contributed by atoms with Gasteiger partial charge in [-0.3, -0.25) is 0 Å². The van der Waals surface area contributed by atoms with Gasteiger partial charge in [0.15, 0.2) is 9.84 Å². The van der Waals surface area contributed by atoms with Crippen LogP contribution in [0.3, 0.4) is 0 Å². The minimum Gasteiger partial charge on any atom is -0.381 e. The Morgan fingerprint density at radius 2 is 2.30 bits per heavy atom. The molecule has 2 unspecified atom stereocenters. The van der Waals surface area contributed by atoms with E-state index in [1.807, 2.05) is 6.92 Å². The van der Waals surface area contributed by atoms with E-state index in [0.29, 0.717) is 19.8 Å². The van der Waals surface area contributed by atoms with E-state index in [9.17, 15) is 12.8 Å². The lowest BCUT2D eigenvalue weighted by atomic mass is 10.0. The minimum atomic E-state index is -3.50. The molecule has 1 aliphatic rings. The van der Waals surface area contributed by atoms with Crippen molar-refractivity contribution in [2.24, 2.45) is 5.92 Å². The zero-order valence-electron chi connectivity index (χ0n) is 11.5. The van der Waals surface area contributed by atoms with Gasteiger partial charge in [-0.25, -0.2) is 12.8 Å². The molecule has 2 atom stereocenters. The highest BCUT2D eigenvalue weighted by molar-refractivity contribution is 7.91. The lowest BCUT2D eigenvalue weighted by Gasteiger charge is -2.23. The van der Waals surface area contributed by atoms with E-state index < -0.39 is 15.7 Å². The summed E-state index contributed by atoms with van der Waals surface area (Å²) in [6, 6.07) is 5.01. The maximum absolute atomic E-state index is 13.2. The highest BCUT2D eigenvalue weighted by Crippen LogP contribution is 2.21. The Morgan fingerprint density at radius 3 is 2.90 bits per heavy atom. The van der Waals surface area contributed by atoms with Crippen molar-refractivity contribution in [1.82, 2.24) is 5.32 Å². The number of hydrogen-bond donors (Lipinski definition) is 1. The van der Waals surface area contributed by atoms with E-state index >= 15 is 0 Å². The monoisotopic (exact) mass is 301 g/mol. The number of ether oxygens (including phenoxy) is 1. The summed E-state index contributed by atoms with van der Waals surface area (Å²) in [6.45, 7) is 3.89. The first-order chi connectivity index (χ1) is 9.53. The molecule has 1 aliphatic heterocycles. The second-order valence-electron chi connectivity index (χ2n) is 5.03. The summed E-state index contributed by atoms with van der Waals surface area (Å²) in [7, 11) is -3.50. The van der Waals surface area contributed by atoms with Crippen molar-refractivity contribution >= 4 is 9.84 Å². The van der Waals surface area contributed by atoms with Crippen molar-refractivity contribution in [1.29, 1.82) is 0 Å². The van der Waals surface area contributed by atoms with Crippen molar-refractivity contribution in [2.45, 2.75) is 24.3 Å². The van der Waals surface area contributed by atoms with Crippen LogP contribution in [0.15, 0.2) is 29.2 Å². The van der Waals surface area contributed by atoms with Gasteiger partial charge in [0.05, 0.1) is 17.3 Å². The summed E-state index contributed by atoms with van der Waals surface area (Å²) in [5.41, 5.74) is 0. The summed E-state index contributed by atoms with van der Waals surface area (Å²) < 4.78 is 43.3. The Balaban J connectivity index is 2.15. The van der Waals surface area contributed by atoms with Crippen molar-refractivity contribution in [3.63, 3.8) is 0 Å². The van der Waals surface area contributed by atoms with Gasteiger partial charge in [-0.15, -0.1) is 0 Å². The van der Waals surface area contributed by atoms with E-state index in [1.165, 1.54) is 18.2 Å². The van der Waals surface area contributed by atoms with Crippen LogP contribution in [0, 0.1) is 11.7 Å². The minimum absolute atomic E-state index is 0.0294. The lowest BCUT2D eigenvalue weighted by molar-refractivity contribution is 0.179. The van der Waals surface area contributed by atoms with E-state index in [2.05, 4.69) is 5.32 Å². The number of hydrogen-bond acceptors (Lipinski definition) is 4. The number of sulfone groups is 1. The molecule has 0 amide bonds. The average molecular weight is 301 g/mol. The Labute approximate surface area is 119 Å².